The van der Waals surface area contributed by atoms with Crippen molar-refractivity contribution in [1.82, 2.24) is 9.71 Å². The third kappa shape index (κ3) is 2.85. The van der Waals surface area contributed by atoms with E-state index in [1.165, 1.54) is 0 Å². The second kappa shape index (κ2) is 4.75. The first-order valence-corrected chi connectivity index (χ1v) is 7.69. The average Bonchev–Trinajstić information content (AvgIpc) is 2.59. The Morgan fingerprint density at radius 2 is 2.29 bits per heavy atom. The van der Waals surface area contributed by atoms with Crippen LogP contribution in [0.3, 0.4) is 0 Å². The number of sulfonamides is 1. The Morgan fingerprint density at radius 3 is 2.82 bits per heavy atom. The highest BCUT2D eigenvalue weighted by Gasteiger charge is 2.24. The first-order valence-electron chi connectivity index (χ1n) is 5.39. The fraction of sp³-hybridized carbons (Fsp3) is 0.500. The third-order valence-corrected chi connectivity index (χ3v) is 5.72. The van der Waals surface area contributed by atoms with Crippen LogP contribution in [0.1, 0.15) is 25.0 Å². The first-order chi connectivity index (χ1) is 7.99. The van der Waals surface area contributed by atoms with Crippen LogP contribution >= 0.6 is 11.3 Å². The van der Waals surface area contributed by atoms with Crippen LogP contribution in [-0.2, 0) is 10.0 Å². The van der Waals surface area contributed by atoms with E-state index in [0.717, 1.165) is 30.6 Å². The van der Waals surface area contributed by atoms with E-state index < -0.39 is 10.0 Å². The Balaban J connectivity index is 2.19. The van der Waals surface area contributed by atoms with Crippen LogP contribution in [0.25, 0.3) is 0 Å². The molecule has 0 aliphatic heterocycles. The number of hydrogen-bond acceptors (Lipinski definition) is 5. The fourth-order valence-electron chi connectivity index (χ4n) is 1.83. The van der Waals surface area contributed by atoms with Crippen LogP contribution in [0.5, 0.6) is 0 Å². The molecule has 1 heterocycles. The molecule has 1 aliphatic carbocycles. The van der Waals surface area contributed by atoms with Gasteiger partial charge in [0.15, 0.2) is 9.34 Å². The molecular formula is C10H15N3O2S2. The molecule has 0 aromatic carbocycles. The van der Waals surface area contributed by atoms with Crippen LogP contribution in [0.2, 0.25) is 0 Å². The van der Waals surface area contributed by atoms with Crippen molar-refractivity contribution in [2.45, 2.75) is 36.4 Å². The number of rotatable bonds is 3. The molecule has 0 amide bonds. The molecule has 3 N–H and O–H groups in total. The molecule has 0 saturated carbocycles. The van der Waals surface area contributed by atoms with E-state index in [1.54, 1.807) is 6.92 Å². The minimum atomic E-state index is -3.48. The first kappa shape index (κ1) is 12.5. The summed E-state index contributed by atoms with van der Waals surface area (Å²) in [4.78, 5) is 3.93. The van der Waals surface area contributed by atoms with Gasteiger partial charge in [-0.2, -0.15) is 0 Å². The van der Waals surface area contributed by atoms with Gasteiger partial charge in [0.25, 0.3) is 10.0 Å². The van der Waals surface area contributed by atoms with Gasteiger partial charge in [-0.25, -0.2) is 18.1 Å². The molecule has 0 bridgehead atoms. The number of thiazole rings is 1. The number of nitrogen functional groups attached to an aromatic ring is 1. The van der Waals surface area contributed by atoms with Crippen molar-refractivity contribution in [1.29, 1.82) is 0 Å². The van der Waals surface area contributed by atoms with E-state index in [-0.39, 0.29) is 15.4 Å². The Kier molecular flexibility index (Phi) is 3.50. The van der Waals surface area contributed by atoms with E-state index in [2.05, 4.69) is 15.8 Å². The topological polar surface area (TPSA) is 85.1 Å². The number of hydrogen-bond donors (Lipinski definition) is 2. The van der Waals surface area contributed by atoms with Gasteiger partial charge in [0.05, 0.1) is 5.69 Å². The highest BCUT2D eigenvalue weighted by molar-refractivity contribution is 7.91. The van der Waals surface area contributed by atoms with Crippen molar-refractivity contribution in [3.63, 3.8) is 0 Å². The standard InChI is InChI=1S/C10H15N3O2S2/c1-7-9(16-10(11)12-7)17(14,15)13-8-5-3-2-4-6-8/h2-3,8,13H,4-6H2,1H3,(H2,11,12). The SMILES string of the molecule is Cc1nc(N)sc1S(=O)(=O)NC1CC=CCC1. The maximum atomic E-state index is 12.1. The highest BCUT2D eigenvalue weighted by atomic mass is 32.2. The number of aromatic nitrogens is 1. The van der Waals surface area contributed by atoms with Crippen molar-refractivity contribution in [2.24, 2.45) is 0 Å². The number of allylic oxidation sites excluding steroid dienone is 1. The maximum Gasteiger partial charge on any atom is 0.252 e. The van der Waals surface area contributed by atoms with Gasteiger partial charge in [0, 0.05) is 6.04 Å². The molecule has 0 spiro atoms. The summed E-state index contributed by atoms with van der Waals surface area (Å²) < 4.78 is 27.2. The molecular weight excluding hydrogens is 258 g/mol. The number of nitrogens with two attached hydrogens (primary N) is 1. The van der Waals surface area contributed by atoms with Gasteiger partial charge >= 0.3 is 0 Å². The molecule has 1 aliphatic rings. The lowest BCUT2D eigenvalue weighted by atomic mass is 10.0. The Bertz CT molecular complexity index is 534. The van der Waals surface area contributed by atoms with Crippen molar-refractivity contribution >= 4 is 26.5 Å². The van der Waals surface area contributed by atoms with Crippen LogP contribution in [0, 0.1) is 6.92 Å². The Hall–Kier alpha value is -0.920. The highest BCUT2D eigenvalue weighted by Crippen LogP contribution is 2.25. The van der Waals surface area contributed by atoms with Gasteiger partial charge in [0.1, 0.15) is 0 Å². The zero-order valence-electron chi connectivity index (χ0n) is 9.51. The lowest BCUT2D eigenvalue weighted by Gasteiger charge is -2.18. The zero-order chi connectivity index (χ0) is 12.5. The summed E-state index contributed by atoms with van der Waals surface area (Å²) in [5, 5.41) is 0.284. The molecule has 1 aromatic rings. The van der Waals surface area contributed by atoms with Crippen LogP contribution in [0.15, 0.2) is 16.4 Å². The van der Waals surface area contributed by atoms with Gasteiger partial charge in [-0.05, 0) is 26.2 Å². The smallest absolute Gasteiger partial charge is 0.252 e. The summed E-state index contributed by atoms with van der Waals surface area (Å²) >= 11 is 1.01. The molecule has 2 rings (SSSR count). The lowest BCUT2D eigenvalue weighted by molar-refractivity contribution is 0.523. The van der Waals surface area contributed by atoms with Gasteiger partial charge in [-0.15, -0.1) is 0 Å². The van der Waals surface area contributed by atoms with Crippen molar-refractivity contribution in [3.8, 4) is 0 Å². The summed E-state index contributed by atoms with van der Waals surface area (Å²) in [6.07, 6.45) is 6.57. The minimum Gasteiger partial charge on any atom is -0.375 e. The van der Waals surface area contributed by atoms with E-state index in [4.69, 9.17) is 5.73 Å². The van der Waals surface area contributed by atoms with E-state index in [0.29, 0.717) is 5.69 Å². The monoisotopic (exact) mass is 273 g/mol. The molecule has 0 radical (unpaired) electrons. The predicted octanol–water partition coefficient (Wildman–Crippen LogP) is 1.42. The third-order valence-electron chi connectivity index (χ3n) is 2.61. The summed E-state index contributed by atoms with van der Waals surface area (Å²) in [7, 11) is -3.48. The predicted molar refractivity (Wildman–Crippen MR) is 68.4 cm³/mol. The van der Waals surface area contributed by atoms with Crippen molar-refractivity contribution < 1.29 is 8.42 Å². The lowest BCUT2D eigenvalue weighted by Crippen LogP contribution is -2.35. The van der Waals surface area contributed by atoms with E-state index in [1.807, 2.05) is 6.08 Å². The maximum absolute atomic E-state index is 12.1. The number of anilines is 1. The summed E-state index contributed by atoms with van der Waals surface area (Å²) in [5.41, 5.74) is 5.98. The van der Waals surface area contributed by atoms with E-state index in [9.17, 15) is 8.42 Å². The zero-order valence-corrected chi connectivity index (χ0v) is 11.1. The van der Waals surface area contributed by atoms with E-state index >= 15 is 0 Å². The van der Waals surface area contributed by atoms with Crippen LogP contribution < -0.4 is 10.5 Å². The van der Waals surface area contributed by atoms with Crippen LogP contribution in [-0.4, -0.2) is 19.4 Å². The molecule has 1 aromatic heterocycles. The number of nitrogens with one attached hydrogen (secondary N) is 1. The summed E-state index contributed by atoms with van der Waals surface area (Å²) in [6, 6.07) is -0.0206. The summed E-state index contributed by atoms with van der Waals surface area (Å²) in [6.45, 7) is 1.65. The average molecular weight is 273 g/mol. The van der Waals surface area contributed by atoms with Gasteiger partial charge in [-0.1, -0.05) is 23.5 Å². The number of aryl methyl sites for hydroxylation is 1. The molecule has 94 valence electrons. The normalized spacial score (nSPS) is 20.6. The fourth-order valence-corrected chi connectivity index (χ4v) is 4.43. The van der Waals surface area contributed by atoms with Crippen LogP contribution in [0.4, 0.5) is 5.13 Å². The number of nitrogens with zero attached hydrogens (tertiary/aromatic N) is 1. The molecule has 0 fully saturated rings. The quantitative estimate of drug-likeness (QED) is 0.816. The Morgan fingerprint density at radius 1 is 1.53 bits per heavy atom. The van der Waals surface area contributed by atoms with Gasteiger partial charge in [0.2, 0.25) is 0 Å². The van der Waals surface area contributed by atoms with Crippen molar-refractivity contribution in [3.05, 3.63) is 17.8 Å². The largest absolute Gasteiger partial charge is 0.375 e. The second-order valence-corrected chi connectivity index (χ2v) is 6.97. The molecule has 7 heteroatoms. The van der Waals surface area contributed by atoms with Gasteiger partial charge in [-0.3, -0.25) is 0 Å². The molecule has 1 atom stereocenters. The minimum absolute atomic E-state index is 0.0206. The summed E-state index contributed by atoms with van der Waals surface area (Å²) in [5.74, 6) is 0. The van der Waals surface area contributed by atoms with Crippen molar-refractivity contribution in [2.75, 3.05) is 5.73 Å². The molecule has 0 saturated heterocycles. The second-order valence-electron chi connectivity index (χ2n) is 4.03. The van der Waals surface area contributed by atoms with Gasteiger partial charge < -0.3 is 5.73 Å². The Labute approximate surface area is 105 Å². The molecule has 5 nitrogen and oxygen atoms in total. The molecule has 17 heavy (non-hydrogen) atoms. The molecule has 1 unspecified atom stereocenters.